The van der Waals surface area contributed by atoms with Crippen LogP contribution in [-0.2, 0) is 11.3 Å². The van der Waals surface area contributed by atoms with Crippen LogP contribution in [0.25, 0.3) is 11.4 Å². The minimum absolute atomic E-state index is 0. The Morgan fingerprint density at radius 3 is 2.80 bits per heavy atom. The molecule has 136 valence electrons. The first-order chi connectivity index (χ1) is 11.7. The van der Waals surface area contributed by atoms with E-state index in [-0.39, 0.29) is 30.3 Å². The number of aromatic nitrogens is 3. The van der Waals surface area contributed by atoms with Crippen molar-refractivity contribution in [3.8, 4) is 17.1 Å². The Bertz CT molecular complexity index is 689. The van der Waals surface area contributed by atoms with Crippen molar-refractivity contribution >= 4 is 18.3 Å². The van der Waals surface area contributed by atoms with Crippen LogP contribution in [0.2, 0.25) is 0 Å². The van der Waals surface area contributed by atoms with Gasteiger partial charge < -0.3 is 15.8 Å². The number of nitrogens with one attached hydrogen (secondary N) is 2. The number of carbonyl (C=O) groups is 1. The summed E-state index contributed by atoms with van der Waals surface area (Å²) in [5.41, 5.74) is 6.83. The molecule has 0 bridgehead atoms. The van der Waals surface area contributed by atoms with Crippen molar-refractivity contribution in [2.24, 2.45) is 11.7 Å². The molecular formula is C17H24ClN5O2. The smallest absolute Gasteiger partial charge is 0.223 e. The normalized spacial score (nSPS) is 19.8. The van der Waals surface area contributed by atoms with Crippen LogP contribution in [0.1, 0.15) is 31.5 Å². The number of hydrogen-bond acceptors (Lipinski definition) is 5. The highest BCUT2D eigenvalue weighted by Gasteiger charge is 2.25. The molecule has 1 aliphatic rings. The maximum absolute atomic E-state index is 12.2. The van der Waals surface area contributed by atoms with Gasteiger partial charge in [-0.15, -0.1) is 12.4 Å². The molecule has 1 heterocycles. The number of carbonyl (C=O) groups excluding carboxylic acids is 1. The molecule has 2 aromatic rings. The predicted molar refractivity (Wildman–Crippen MR) is 97.4 cm³/mol. The van der Waals surface area contributed by atoms with E-state index in [2.05, 4.69) is 20.5 Å². The van der Waals surface area contributed by atoms with Crippen LogP contribution in [0.15, 0.2) is 24.3 Å². The van der Waals surface area contributed by atoms with Crippen molar-refractivity contribution in [2.75, 3.05) is 7.11 Å². The first kappa shape index (κ1) is 19.2. The fourth-order valence-electron chi connectivity index (χ4n) is 3.02. The molecule has 1 aromatic carbocycles. The summed E-state index contributed by atoms with van der Waals surface area (Å²) in [7, 11) is 1.63. The largest absolute Gasteiger partial charge is 0.497 e. The van der Waals surface area contributed by atoms with Gasteiger partial charge in [0, 0.05) is 17.5 Å². The van der Waals surface area contributed by atoms with Crippen molar-refractivity contribution in [3.05, 3.63) is 30.1 Å². The van der Waals surface area contributed by atoms with E-state index in [9.17, 15) is 4.79 Å². The van der Waals surface area contributed by atoms with Gasteiger partial charge in [-0.3, -0.25) is 9.89 Å². The van der Waals surface area contributed by atoms with E-state index >= 15 is 0 Å². The van der Waals surface area contributed by atoms with Crippen LogP contribution in [-0.4, -0.2) is 34.2 Å². The number of rotatable bonds is 5. The highest BCUT2D eigenvalue weighted by Crippen LogP contribution is 2.23. The molecule has 7 nitrogen and oxygen atoms in total. The summed E-state index contributed by atoms with van der Waals surface area (Å²) in [5, 5.41) is 9.99. The molecular weight excluding hydrogens is 342 g/mol. The molecule has 4 N–H and O–H groups in total. The summed E-state index contributed by atoms with van der Waals surface area (Å²) < 4.78 is 5.14. The van der Waals surface area contributed by atoms with E-state index in [1.165, 1.54) is 0 Å². The fraction of sp³-hybridized carbons (Fsp3) is 0.471. The van der Waals surface area contributed by atoms with Crippen LogP contribution in [0, 0.1) is 5.92 Å². The summed E-state index contributed by atoms with van der Waals surface area (Å²) in [6.45, 7) is 0.341. The number of nitrogens with zero attached hydrogens (tertiary/aromatic N) is 2. The van der Waals surface area contributed by atoms with Crippen molar-refractivity contribution in [1.29, 1.82) is 0 Å². The lowest BCUT2D eigenvalue weighted by Crippen LogP contribution is -2.37. The van der Waals surface area contributed by atoms with Gasteiger partial charge in [-0.1, -0.05) is 6.42 Å². The molecule has 1 aromatic heterocycles. The quantitative estimate of drug-likeness (QED) is 0.751. The monoisotopic (exact) mass is 365 g/mol. The third kappa shape index (κ3) is 4.93. The topological polar surface area (TPSA) is 106 Å². The van der Waals surface area contributed by atoms with E-state index in [0.717, 1.165) is 37.0 Å². The summed E-state index contributed by atoms with van der Waals surface area (Å²) in [5.74, 6) is 2.08. The van der Waals surface area contributed by atoms with E-state index in [1.54, 1.807) is 7.11 Å². The van der Waals surface area contributed by atoms with Crippen molar-refractivity contribution in [2.45, 2.75) is 38.3 Å². The SMILES string of the molecule is COc1ccc(-c2n[nH]c(CNC(=O)C3CCCC(N)C3)n2)cc1.Cl. The molecule has 2 atom stereocenters. The van der Waals surface area contributed by atoms with Gasteiger partial charge in [-0.2, -0.15) is 5.10 Å². The van der Waals surface area contributed by atoms with Gasteiger partial charge in [0.15, 0.2) is 5.82 Å². The molecule has 3 rings (SSSR count). The number of H-pyrrole nitrogens is 1. The number of methoxy groups -OCH3 is 1. The molecule has 0 aliphatic heterocycles. The van der Waals surface area contributed by atoms with E-state index in [4.69, 9.17) is 10.5 Å². The predicted octanol–water partition coefficient (Wildman–Crippen LogP) is 2.04. The molecule has 1 saturated carbocycles. The molecule has 2 unspecified atom stereocenters. The summed E-state index contributed by atoms with van der Waals surface area (Å²) >= 11 is 0. The second kappa shape index (κ2) is 8.82. The van der Waals surface area contributed by atoms with Crippen LogP contribution < -0.4 is 15.8 Å². The van der Waals surface area contributed by atoms with Gasteiger partial charge in [0.2, 0.25) is 5.91 Å². The van der Waals surface area contributed by atoms with Crippen LogP contribution in [0.3, 0.4) is 0 Å². The lowest BCUT2D eigenvalue weighted by Gasteiger charge is -2.25. The third-order valence-electron chi connectivity index (χ3n) is 4.40. The number of amides is 1. The zero-order chi connectivity index (χ0) is 16.9. The fourth-order valence-corrected chi connectivity index (χ4v) is 3.02. The Balaban J connectivity index is 0.00000225. The maximum atomic E-state index is 12.2. The van der Waals surface area contributed by atoms with Crippen LogP contribution in [0.4, 0.5) is 0 Å². The number of halogens is 1. The lowest BCUT2D eigenvalue weighted by atomic mass is 9.85. The number of aromatic amines is 1. The summed E-state index contributed by atoms with van der Waals surface area (Å²) in [6.07, 6.45) is 3.70. The van der Waals surface area contributed by atoms with Gasteiger partial charge >= 0.3 is 0 Å². The molecule has 0 radical (unpaired) electrons. The highest BCUT2D eigenvalue weighted by atomic mass is 35.5. The minimum atomic E-state index is 0. The van der Waals surface area contributed by atoms with Gasteiger partial charge in [-0.05, 0) is 43.5 Å². The van der Waals surface area contributed by atoms with Crippen LogP contribution in [0.5, 0.6) is 5.75 Å². The summed E-state index contributed by atoms with van der Waals surface area (Å²) in [4.78, 5) is 16.6. The van der Waals surface area contributed by atoms with Gasteiger partial charge in [0.25, 0.3) is 0 Å². The number of nitrogens with two attached hydrogens (primary N) is 1. The highest BCUT2D eigenvalue weighted by molar-refractivity contribution is 5.85. The van der Waals surface area contributed by atoms with E-state index in [1.807, 2.05) is 24.3 Å². The van der Waals surface area contributed by atoms with E-state index < -0.39 is 0 Å². The van der Waals surface area contributed by atoms with E-state index in [0.29, 0.717) is 18.2 Å². The molecule has 0 spiro atoms. The average Bonchev–Trinajstić information content (AvgIpc) is 3.09. The van der Waals surface area contributed by atoms with Gasteiger partial charge in [0.1, 0.15) is 11.6 Å². The number of ether oxygens (including phenoxy) is 1. The van der Waals surface area contributed by atoms with Crippen LogP contribution >= 0.6 is 12.4 Å². The van der Waals surface area contributed by atoms with Gasteiger partial charge in [-0.25, -0.2) is 4.98 Å². The Morgan fingerprint density at radius 1 is 1.36 bits per heavy atom. The third-order valence-corrected chi connectivity index (χ3v) is 4.40. The second-order valence-electron chi connectivity index (χ2n) is 6.18. The number of benzene rings is 1. The maximum Gasteiger partial charge on any atom is 0.223 e. The summed E-state index contributed by atoms with van der Waals surface area (Å²) in [6, 6.07) is 7.65. The molecule has 0 saturated heterocycles. The molecule has 8 heteroatoms. The lowest BCUT2D eigenvalue weighted by molar-refractivity contribution is -0.126. The Labute approximate surface area is 153 Å². The molecule has 25 heavy (non-hydrogen) atoms. The first-order valence-corrected chi connectivity index (χ1v) is 8.24. The van der Waals surface area contributed by atoms with Crippen molar-refractivity contribution in [3.63, 3.8) is 0 Å². The zero-order valence-electron chi connectivity index (χ0n) is 14.2. The van der Waals surface area contributed by atoms with Crippen molar-refractivity contribution < 1.29 is 9.53 Å². The average molecular weight is 366 g/mol. The standard InChI is InChI=1S/C17H23N5O2.ClH/c1-24-14-7-5-11(6-8-14)16-20-15(21-22-16)10-19-17(23)12-3-2-4-13(18)9-12;/h5-8,12-13H,2-4,9-10,18H2,1H3,(H,19,23)(H,20,21,22);1H. The Kier molecular flexibility index (Phi) is 6.78. The minimum Gasteiger partial charge on any atom is -0.497 e. The van der Waals surface area contributed by atoms with Crippen molar-refractivity contribution in [1.82, 2.24) is 20.5 Å². The zero-order valence-corrected chi connectivity index (χ0v) is 15.0. The van der Waals surface area contributed by atoms with Gasteiger partial charge in [0.05, 0.1) is 13.7 Å². The molecule has 1 aliphatic carbocycles. The molecule has 1 fully saturated rings. The first-order valence-electron chi connectivity index (χ1n) is 8.24. The molecule has 1 amide bonds. The Morgan fingerprint density at radius 2 is 2.12 bits per heavy atom. The number of hydrogen-bond donors (Lipinski definition) is 3. The second-order valence-corrected chi connectivity index (χ2v) is 6.18. The Hall–Kier alpha value is -2.12.